The number of amides is 1. The van der Waals surface area contributed by atoms with Crippen LogP contribution >= 0.6 is 0 Å². The van der Waals surface area contributed by atoms with E-state index in [1.807, 2.05) is 12.1 Å². The van der Waals surface area contributed by atoms with Gasteiger partial charge in [0, 0.05) is 11.0 Å². The van der Waals surface area contributed by atoms with Gasteiger partial charge in [0.1, 0.15) is 5.75 Å². The van der Waals surface area contributed by atoms with Crippen LogP contribution in [0.4, 0.5) is 5.69 Å². The van der Waals surface area contributed by atoms with E-state index in [9.17, 15) is 4.79 Å². The van der Waals surface area contributed by atoms with E-state index in [0.717, 1.165) is 0 Å². The van der Waals surface area contributed by atoms with Gasteiger partial charge in [0.05, 0.1) is 26.0 Å². The van der Waals surface area contributed by atoms with E-state index in [1.54, 1.807) is 37.4 Å². The summed E-state index contributed by atoms with van der Waals surface area (Å²) in [5.41, 5.74) is 1.06. The fraction of sp³-hybridized carbons (Fsp3) is 0.316. The molecule has 0 fully saturated rings. The Balaban J connectivity index is 1.81. The van der Waals surface area contributed by atoms with Crippen molar-refractivity contribution < 1.29 is 19.0 Å². The van der Waals surface area contributed by atoms with Gasteiger partial charge < -0.3 is 19.5 Å². The Labute approximate surface area is 141 Å². The number of hydrogen-bond donors (Lipinski definition) is 1. The number of anilines is 1. The molecule has 2 aromatic rings. The minimum absolute atomic E-state index is 0.0706. The maximum Gasteiger partial charge on any atom is 0.255 e. The van der Waals surface area contributed by atoms with E-state index >= 15 is 0 Å². The van der Waals surface area contributed by atoms with Crippen LogP contribution in [0.15, 0.2) is 42.5 Å². The molecule has 1 N–H and O–H groups in total. The van der Waals surface area contributed by atoms with E-state index in [0.29, 0.717) is 41.7 Å². The van der Waals surface area contributed by atoms with Crippen molar-refractivity contribution in [2.75, 3.05) is 25.6 Å². The molecule has 5 nitrogen and oxygen atoms in total. The molecule has 0 aliphatic carbocycles. The Morgan fingerprint density at radius 3 is 2.54 bits per heavy atom. The molecule has 1 aliphatic heterocycles. The van der Waals surface area contributed by atoms with Crippen molar-refractivity contribution in [3.8, 4) is 17.2 Å². The summed E-state index contributed by atoms with van der Waals surface area (Å²) < 4.78 is 16.8. The standard InChI is InChI=1S/C19H21NO4/c1-19(2)11-23-16-9-8-13(10-17(16)24-12-19)18(21)20-14-6-4-5-7-15(14)22-3/h4-10H,11-12H2,1-3H3,(H,20,21). The number of nitrogens with one attached hydrogen (secondary N) is 1. The second-order valence-corrected chi connectivity index (χ2v) is 6.56. The Bertz CT molecular complexity index is 755. The molecule has 1 aliphatic rings. The molecule has 5 heteroatoms. The second-order valence-electron chi connectivity index (χ2n) is 6.56. The van der Waals surface area contributed by atoms with Gasteiger partial charge >= 0.3 is 0 Å². The molecule has 0 radical (unpaired) electrons. The lowest BCUT2D eigenvalue weighted by atomic mass is 9.97. The van der Waals surface area contributed by atoms with E-state index in [1.165, 1.54) is 0 Å². The van der Waals surface area contributed by atoms with Gasteiger partial charge in [-0.3, -0.25) is 4.79 Å². The van der Waals surface area contributed by atoms with Gasteiger partial charge in [-0.2, -0.15) is 0 Å². The highest BCUT2D eigenvalue weighted by atomic mass is 16.5. The fourth-order valence-corrected chi connectivity index (χ4v) is 2.41. The first-order valence-corrected chi connectivity index (χ1v) is 7.82. The monoisotopic (exact) mass is 327 g/mol. The van der Waals surface area contributed by atoms with E-state index in [4.69, 9.17) is 14.2 Å². The number of carbonyl (C=O) groups excluding carboxylic acids is 1. The molecule has 2 aromatic carbocycles. The minimum atomic E-state index is -0.227. The Kier molecular flexibility index (Phi) is 4.34. The van der Waals surface area contributed by atoms with Gasteiger partial charge in [0.25, 0.3) is 5.91 Å². The van der Waals surface area contributed by atoms with E-state index in [2.05, 4.69) is 19.2 Å². The number of fused-ring (bicyclic) bond motifs is 1. The summed E-state index contributed by atoms with van der Waals surface area (Å²) in [6, 6.07) is 12.5. The molecule has 0 spiro atoms. The van der Waals surface area contributed by atoms with Crippen molar-refractivity contribution in [2.24, 2.45) is 5.41 Å². The summed E-state index contributed by atoms with van der Waals surface area (Å²) in [6.07, 6.45) is 0. The largest absolute Gasteiger partial charge is 0.495 e. The van der Waals surface area contributed by atoms with Gasteiger partial charge in [-0.25, -0.2) is 0 Å². The van der Waals surface area contributed by atoms with E-state index in [-0.39, 0.29) is 11.3 Å². The van der Waals surface area contributed by atoms with Gasteiger partial charge in [-0.15, -0.1) is 0 Å². The Hall–Kier alpha value is -2.69. The third-order valence-electron chi connectivity index (χ3n) is 3.80. The van der Waals surface area contributed by atoms with Crippen LogP contribution in [0, 0.1) is 5.41 Å². The SMILES string of the molecule is COc1ccccc1NC(=O)c1ccc2c(c1)OCC(C)(C)CO2. The molecular formula is C19H21NO4. The maximum absolute atomic E-state index is 12.5. The summed E-state index contributed by atoms with van der Waals surface area (Å²) in [5.74, 6) is 1.64. The van der Waals surface area contributed by atoms with Crippen LogP contribution in [0.3, 0.4) is 0 Å². The number of carbonyl (C=O) groups is 1. The number of benzene rings is 2. The highest BCUT2D eigenvalue weighted by Gasteiger charge is 2.25. The highest BCUT2D eigenvalue weighted by molar-refractivity contribution is 6.05. The first-order valence-electron chi connectivity index (χ1n) is 7.82. The van der Waals surface area contributed by atoms with Crippen molar-refractivity contribution in [2.45, 2.75) is 13.8 Å². The van der Waals surface area contributed by atoms with Crippen LogP contribution in [0.25, 0.3) is 0 Å². The molecule has 0 aromatic heterocycles. The summed E-state index contributed by atoms with van der Waals surface area (Å²) in [6.45, 7) is 5.27. The third-order valence-corrected chi connectivity index (χ3v) is 3.80. The predicted molar refractivity (Wildman–Crippen MR) is 92.2 cm³/mol. The molecule has 126 valence electrons. The molecule has 1 heterocycles. The first-order chi connectivity index (χ1) is 11.5. The van der Waals surface area contributed by atoms with Crippen molar-refractivity contribution >= 4 is 11.6 Å². The zero-order chi connectivity index (χ0) is 17.2. The molecule has 0 unspecified atom stereocenters. The zero-order valence-electron chi connectivity index (χ0n) is 14.1. The molecule has 0 saturated carbocycles. The van der Waals surface area contributed by atoms with Crippen LogP contribution < -0.4 is 19.5 Å². The zero-order valence-corrected chi connectivity index (χ0v) is 14.1. The number of ether oxygens (including phenoxy) is 3. The molecule has 0 saturated heterocycles. The topological polar surface area (TPSA) is 56.8 Å². The summed E-state index contributed by atoms with van der Waals surface area (Å²) in [4.78, 5) is 12.5. The quantitative estimate of drug-likeness (QED) is 0.933. The summed E-state index contributed by atoms with van der Waals surface area (Å²) >= 11 is 0. The van der Waals surface area contributed by atoms with Crippen molar-refractivity contribution in [1.82, 2.24) is 0 Å². The normalized spacial score (nSPS) is 15.3. The first kappa shape index (κ1) is 16.2. The van der Waals surface area contributed by atoms with Crippen LogP contribution in [0.5, 0.6) is 17.2 Å². The lowest BCUT2D eigenvalue weighted by Gasteiger charge is -2.19. The van der Waals surface area contributed by atoms with Crippen molar-refractivity contribution in [3.05, 3.63) is 48.0 Å². The average Bonchev–Trinajstić information content (AvgIpc) is 2.73. The smallest absolute Gasteiger partial charge is 0.255 e. The predicted octanol–water partition coefficient (Wildman–Crippen LogP) is 3.74. The summed E-state index contributed by atoms with van der Waals surface area (Å²) in [7, 11) is 1.57. The van der Waals surface area contributed by atoms with Gasteiger partial charge in [-0.05, 0) is 30.3 Å². The molecule has 3 rings (SSSR count). The minimum Gasteiger partial charge on any atom is -0.495 e. The van der Waals surface area contributed by atoms with Crippen molar-refractivity contribution in [3.63, 3.8) is 0 Å². The van der Waals surface area contributed by atoms with Crippen molar-refractivity contribution in [1.29, 1.82) is 0 Å². The van der Waals surface area contributed by atoms with Crippen LogP contribution in [-0.2, 0) is 0 Å². The molecule has 0 bridgehead atoms. The number of hydrogen-bond acceptors (Lipinski definition) is 4. The van der Waals surface area contributed by atoms with Gasteiger partial charge in [0.2, 0.25) is 0 Å². The number of rotatable bonds is 3. The second kappa shape index (κ2) is 6.43. The number of para-hydroxylation sites is 2. The van der Waals surface area contributed by atoms with Gasteiger partial charge in [0.15, 0.2) is 11.5 Å². The third kappa shape index (κ3) is 3.45. The Morgan fingerprint density at radius 2 is 1.79 bits per heavy atom. The Morgan fingerprint density at radius 1 is 1.08 bits per heavy atom. The fourth-order valence-electron chi connectivity index (χ4n) is 2.41. The highest BCUT2D eigenvalue weighted by Crippen LogP contribution is 2.34. The molecule has 1 amide bonds. The van der Waals surface area contributed by atoms with E-state index < -0.39 is 0 Å². The molecule has 24 heavy (non-hydrogen) atoms. The molecular weight excluding hydrogens is 306 g/mol. The maximum atomic E-state index is 12.5. The lowest BCUT2D eigenvalue weighted by Crippen LogP contribution is -2.26. The lowest BCUT2D eigenvalue weighted by molar-refractivity contribution is 0.102. The van der Waals surface area contributed by atoms with Crippen LogP contribution in [0.2, 0.25) is 0 Å². The van der Waals surface area contributed by atoms with Crippen LogP contribution in [-0.4, -0.2) is 26.2 Å². The summed E-state index contributed by atoms with van der Waals surface area (Å²) in [5, 5.41) is 2.86. The van der Waals surface area contributed by atoms with Crippen LogP contribution in [0.1, 0.15) is 24.2 Å². The number of methoxy groups -OCH3 is 1. The van der Waals surface area contributed by atoms with Gasteiger partial charge in [-0.1, -0.05) is 26.0 Å². The molecule has 0 atom stereocenters. The average molecular weight is 327 g/mol.